The molecule has 8 nitrogen and oxygen atoms in total. The molecule has 0 spiro atoms. The van der Waals surface area contributed by atoms with E-state index in [1.54, 1.807) is 0 Å². The van der Waals surface area contributed by atoms with Crippen molar-refractivity contribution in [1.82, 2.24) is 19.8 Å². The summed E-state index contributed by atoms with van der Waals surface area (Å²) >= 11 is 0. The summed E-state index contributed by atoms with van der Waals surface area (Å²) < 4.78 is 5.46. The van der Waals surface area contributed by atoms with Gasteiger partial charge in [-0.05, 0) is 25.7 Å². The maximum absolute atomic E-state index is 12.6. The lowest BCUT2D eigenvalue weighted by atomic mass is 9.99. The first kappa shape index (κ1) is 20.3. The van der Waals surface area contributed by atoms with Crippen LogP contribution in [0, 0.1) is 12.8 Å². The highest BCUT2D eigenvalue weighted by atomic mass is 16.5. The van der Waals surface area contributed by atoms with E-state index in [1.165, 1.54) is 0 Å². The SMILES string of the molecule is Cc1cc(N2CCOCC2)nc(N2CCN(CC(=O)N3CCC(C)CC3)CC2)n1. The second-order valence-electron chi connectivity index (χ2n) is 8.59. The summed E-state index contributed by atoms with van der Waals surface area (Å²) in [6, 6.07) is 2.06. The molecule has 0 unspecified atom stereocenters. The molecule has 0 aliphatic carbocycles. The van der Waals surface area contributed by atoms with Crippen LogP contribution in [0.1, 0.15) is 25.5 Å². The van der Waals surface area contributed by atoms with Crippen LogP contribution in [0.25, 0.3) is 0 Å². The molecule has 3 fully saturated rings. The number of anilines is 2. The molecular weight excluding hydrogens is 368 g/mol. The first-order chi connectivity index (χ1) is 14.1. The number of amides is 1. The van der Waals surface area contributed by atoms with Crippen molar-refractivity contribution in [3.05, 3.63) is 11.8 Å². The average Bonchev–Trinajstić information content (AvgIpc) is 2.75. The van der Waals surface area contributed by atoms with Gasteiger partial charge in [0.05, 0.1) is 19.8 Å². The third-order valence-electron chi connectivity index (χ3n) is 6.31. The Bertz CT molecular complexity index is 692. The molecule has 160 valence electrons. The summed E-state index contributed by atoms with van der Waals surface area (Å²) in [5, 5.41) is 0. The van der Waals surface area contributed by atoms with Crippen LogP contribution in [0.2, 0.25) is 0 Å². The fourth-order valence-corrected chi connectivity index (χ4v) is 4.29. The maximum Gasteiger partial charge on any atom is 0.236 e. The van der Waals surface area contributed by atoms with Crippen LogP contribution in [0.15, 0.2) is 6.07 Å². The molecule has 1 aromatic rings. The Balaban J connectivity index is 1.31. The number of aryl methyl sites for hydroxylation is 1. The van der Waals surface area contributed by atoms with Gasteiger partial charge in [0.1, 0.15) is 5.82 Å². The van der Waals surface area contributed by atoms with Gasteiger partial charge in [-0.1, -0.05) is 6.92 Å². The zero-order valence-electron chi connectivity index (χ0n) is 17.8. The predicted octanol–water partition coefficient (Wildman–Crippen LogP) is 1.00. The molecule has 3 saturated heterocycles. The van der Waals surface area contributed by atoms with Crippen LogP contribution in [-0.2, 0) is 9.53 Å². The first-order valence-electron chi connectivity index (χ1n) is 11.0. The summed E-state index contributed by atoms with van der Waals surface area (Å²) in [5.41, 5.74) is 0.994. The maximum atomic E-state index is 12.6. The van der Waals surface area contributed by atoms with Gasteiger partial charge >= 0.3 is 0 Å². The molecule has 4 heterocycles. The summed E-state index contributed by atoms with van der Waals surface area (Å²) in [5.74, 6) is 2.83. The number of carbonyl (C=O) groups is 1. The standard InChI is InChI=1S/C21H34N6O2/c1-17-3-5-26(6-4-17)20(28)16-24-7-9-27(10-8-24)21-22-18(2)15-19(23-21)25-11-13-29-14-12-25/h15,17H,3-14,16H2,1-2H3. The van der Waals surface area contributed by atoms with Gasteiger partial charge < -0.3 is 19.4 Å². The number of aromatic nitrogens is 2. The van der Waals surface area contributed by atoms with Gasteiger partial charge in [0.25, 0.3) is 0 Å². The molecule has 8 heteroatoms. The minimum absolute atomic E-state index is 0.284. The van der Waals surface area contributed by atoms with Gasteiger partial charge in [0.2, 0.25) is 11.9 Å². The highest BCUT2D eigenvalue weighted by Crippen LogP contribution is 2.20. The third-order valence-corrected chi connectivity index (χ3v) is 6.31. The Labute approximate surface area is 173 Å². The van der Waals surface area contributed by atoms with E-state index in [0.717, 1.165) is 102 Å². The minimum atomic E-state index is 0.284. The molecule has 4 rings (SSSR count). The predicted molar refractivity (Wildman–Crippen MR) is 113 cm³/mol. The van der Waals surface area contributed by atoms with Crippen molar-refractivity contribution < 1.29 is 9.53 Å². The zero-order valence-corrected chi connectivity index (χ0v) is 17.8. The normalized spacial score (nSPS) is 22.2. The quantitative estimate of drug-likeness (QED) is 0.744. The second kappa shape index (κ2) is 9.26. The van der Waals surface area contributed by atoms with Crippen molar-refractivity contribution >= 4 is 17.7 Å². The third kappa shape index (κ3) is 5.17. The zero-order chi connectivity index (χ0) is 20.2. The van der Waals surface area contributed by atoms with Gasteiger partial charge in [0.15, 0.2) is 0 Å². The molecule has 0 atom stereocenters. The Morgan fingerprint density at radius 2 is 1.69 bits per heavy atom. The smallest absolute Gasteiger partial charge is 0.236 e. The molecule has 0 aromatic carbocycles. The van der Waals surface area contributed by atoms with E-state index in [-0.39, 0.29) is 5.91 Å². The molecule has 1 amide bonds. The van der Waals surface area contributed by atoms with E-state index in [1.807, 2.05) is 11.8 Å². The van der Waals surface area contributed by atoms with E-state index in [4.69, 9.17) is 9.72 Å². The number of ether oxygens (including phenoxy) is 1. The number of morpholine rings is 1. The number of rotatable bonds is 4. The van der Waals surface area contributed by atoms with Crippen molar-refractivity contribution in [1.29, 1.82) is 0 Å². The van der Waals surface area contributed by atoms with Crippen molar-refractivity contribution in [2.75, 3.05) is 81.9 Å². The lowest BCUT2D eigenvalue weighted by Gasteiger charge is -2.37. The van der Waals surface area contributed by atoms with Crippen LogP contribution >= 0.6 is 0 Å². The molecule has 0 N–H and O–H groups in total. The number of piperazine rings is 1. The number of nitrogens with zero attached hydrogens (tertiary/aromatic N) is 6. The summed E-state index contributed by atoms with van der Waals surface area (Å²) in [6.07, 6.45) is 2.27. The summed E-state index contributed by atoms with van der Waals surface area (Å²) in [7, 11) is 0. The molecule has 29 heavy (non-hydrogen) atoms. The van der Waals surface area contributed by atoms with Crippen LogP contribution in [0.4, 0.5) is 11.8 Å². The van der Waals surface area contributed by atoms with E-state index < -0.39 is 0 Å². The number of hydrogen-bond donors (Lipinski definition) is 0. The van der Waals surface area contributed by atoms with Crippen molar-refractivity contribution in [3.8, 4) is 0 Å². The Kier molecular flexibility index (Phi) is 6.50. The van der Waals surface area contributed by atoms with Gasteiger partial charge in [-0.15, -0.1) is 0 Å². The molecule has 0 saturated carbocycles. The fourth-order valence-electron chi connectivity index (χ4n) is 4.29. The lowest BCUT2D eigenvalue weighted by molar-refractivity contribution is -0.133. The van der Waals surface area contributed by atoms with E-state index in [0.29, 0.717) is 6.54 Å². The molecule has 3 aliphatic rings. The topological polar surface area (TPSA) is 65.0 Å². The van der Waals surface area contributed by atoms with Crippen LogP contribution < -0.4 is 9.80 Å². The van der Waals surface area contributed by atoms with Crippen molar-refractivity contribution in [2.45, 2.75) is 26.7 Å². The van der Waals surface area contributed by atoms with Gasteiger partial charge in [0, 0.05) is 64.1 Å². The van der Waals surface area contributed by atoms with E-state index in [9.17, 15) is 4.79 Å². The fraction of sp³-hybridized carbons (Fsp3) is 0.762. The highest BCUT2D eigenvalue weighted by molar-refractivity contribution is 5.78. The summed E-state index contributed by atoms with van der Waals surface area (Å²) in [6.45, 7) is 13.4. The van der Waals surface area contributed by atoms with E-state index >= 15 is 0 Å². The second-order valence-corrected chi connectivity index (χ2v) is 8.59. The Morgan fingerprint density at radius 1 is 1.00 bits per heavy atom. The minimum Gasteiger partial charge on any atom is -0.378 e. The largest absolute Gasteiger partial charge is 0.378 e. The van der Waals surface area contributed by atoms with Crippen LogP contribution in [0.3, 0.4) is 0 Å². The molecule has 0 bridgehead atoms. The summed E-state index contributed by atoms with van der Waals surface area (Å²) in [4.78, 5) is 31.0. The first-order valence-corrected chi connectivity index (χ1v) is 11.0. The highest BCUT2D eigenvalue weighted by Gasteiger charge is 2.25. The number of carbonyl (C=O) groups excluding carboxylic acids is 1. The van der Waals surface area contributed by atoms with Crippen molar-refractivity contribution in [3.63, 3.8) is 0 Å². The molecule has 0 radical (unpaired) electrons. The number of likely N-dealkylation sites (tertiary alicyclic amines) is 1. The van der Waals surface area contributed by atoms with Gasteiger partial charge in [-0.25, -0.2) is 4.98 Å². The Morgan fingerprint density at radius 3 is 2.38 bits per heavy atom. The molecule has 3 aliphatic heterocycles. The number of piperidine rings is 1. The molecular formula is C21H34N6O2. The molecule has 1 aromatic heterocycles. The van der Waals surface area contributed by atoms with E-state index in [2.05, 4.69) is 32.7 Å². The van der Waals surface area contributed by atoms with Gasteiger partial charge in [-0.2, -0.15) is 4.98 Å². The van der Waals surface area contributed by atoms with Crippen molar-refractivity contribution in [2.24, 2.45) is 5.92 Å². The average molecular weight is 403 g/mol. The van der Waals surface area contributed by atoms with Crippen LogP contribution in [0.5, 0.6) is 0 Å². The van der Waals surface area contributed by atoms with Crippen LogP contribution in [-0.4, -0.2) is 97.8 Å². The Hall–Kier alpha value is -1.93. The monoisotopic (exact) mass is 402 g/mol. The lowest BCUT2D eigenvalue weighted by Crippen LogP contribution is -2.51. The van der Waals surface area contributed by atoms with Gasteiger partial charge in [-0.3, -0.25) is 9.69 Å². The number of hydrogen-bond acceptors (Lipinski definition) is 7.